The van der Waals surface area contributed by atoms with Gasteiger partial charge in [0, 0.05) is 18.1 Å². The lowest BCUT2D eigenvalue weighted by molar-refractivity contribution is 0.554. The van der Waals surface area contributed by atoms with Gasteiger partial charge in [-0.3, -0.25) is 20.1 Å². The van der Waals surface area contributed by atoms with E-state index >= 15 is 0 Å². The van der Waals surface area contributed by atoms with Crippen LogP contribution in [0.2, 0.25) is 0 Å². The van der Waals surface area contributed by atoms with Gasteiger partial charge in [0.2, 0.25) is 0 Å². The molecule has 2 N–H and O–H groups in total. The van der Waals surface area contributed by atoms with Crippen molar-refractivity contribution >= 4 is 22.8 Å². The maximum absolute atomic E-state index is 14.5. The van der Waals surface area contributed by atoms with Gasteiger partial charge in [-0.05, 0) is 30.7 Å². The first-order valence-corrected chi connectivity index (χ1v) is 9.03. The predicted molar refractivity (Wildman–Crippen MR) is 97.5 cm³/mol. The Morgan fingerprint density at radius 2 is 1.96 bits per heavy atom. The molecule has 3 heterocycles. The molecule has 6 nitrogen and oxygen atoms in total. The highest BCUT2D eigenvalue weighted by atomic mass is 32.2. The first-order valence-electron chi connectivity index (χ1n) is 8.04. The van der Waals surface area contributed by atoms with Gasteiger partial charge in [-0.1, -0.05) is 23.9 Å². The molecule has 0 radical (unpaired) electrons. The van der Waals surface area contributed by atoms with Crippen LogP contribution in [0.3, 0.4) is 0 Å². The summed E-state index contributed by atoms with van der Waals surface area (Å²) in [4.78, 5) is 8.53. The molecular weight excluding hydrogens is 370 g/mol. The van der Waals surface area contributed by atoms with Gasteiger partial charge in [0.05, 0.1) is 11.1 Å². The molecule has 0 unspecified atom stereocenters. The number of fused-ring (bicyclic) bond motifs is 1. The first kappa shape index (κ1) is 17.3. The van der Waals surface area contributed by atoms with Gasteiger partial charge in [-0.2, -0.15) is 5.10 Å². The number of pyridine rings is 1. The monoisotopic (exact) mass is 384 g/mol. The fourth-order valence-electron chi connectivity index (χ4n) is 2.78. The van der Waals surface area contributed by atoms with E-state index < -0.39 is 11.6 Å². The molecule has 1 aromatic carbocycles. The summed E-state index contributed by atoms with van der Waals surface area (Å²) < 4.78 is 30.1. The van der Waals surface area contributed by atoms with E-state index in [0.717, 1.165) is 17.7 Å². The minimum atomic E-state index is -0.765. The Morgan fingerprint density at radius 3 is 2.67 bits per heavy atom. The van der Waals surface area contributed by atoms with Crippen LogP contribution in [0.25, 0.3) is 16.7 Å². The van der Waals surface area contributed by atoms with Crippen LogP contribution in [0.5, 0.6) is 0 Å². The average molecular weight is 384 g/mol. The molecule has 0 aliphatic carbocycles. The lowest BCUT2D eigenvalue weighted by Gasteiger charge is -2.14. The minimum absolute atomic E-state index is 0.0797. The number of thioether (sulfide) groups is 1. The summed E-state index contributed by atoms with van der Waals surface area (Å²) in [5, 5.41) is 16.1. The summed E-state index contributed by atoms with van der Waals surface area (Å²) in [5.41, 5.74) is 1.46. The van der Waals surface area contributed by atoms with Crippen LogP contribution in [0.15, 0.2) is 47.9 Å². The molecule has 0 aliphatic heterocycles. The summed E-state index contributed by atoms with van der Waals surface area (Å²) in [6.45, 7) is 1.71. The van der Waals surface area contributed by atoms with Crippen molar-refractivity contribution < 1.29 is 8.78 Å². The number of aromatic amines is 1. The summed E-state index contributed by atoms with van der Waals surface area (Å²) in [5.74, 6) is -1.05. The van der Waals surface area contributed by atoms with Gasteiger partial charge in [-0.15, -0.1) is 0 Å². The number of rotatable bonds is 4. The van der Waals surface area contributed by atoms with E-state index in [1.54, 1.807) is 19.3 Å². The van der Waals surface area contributed by atoms with Gasteiger partial charge in [0.25, 0.3) is 0 Å². The maximum Gasteiger partial charge on any atom is 0.176 e. The van der Waals surface area contributed by atoms with Crippen molar-refractivity contribution in [3.8, 4) is 5.69 Å². The smallest absolute Gasteiger partial charge is 0.176 e. The van der Waals surface area contributed by atoms with Gasteiger partial charge in [-0.25, -0.2) is 13.8 Å². The third-order valence-electron chi connectivity index (χ3n) is 4.04. The van der Waals surface area contributed by atoms with E-state index in [4.69, 9.17) is 5.41 Å². The quantitative estimate of drug-likeness (QED) is 0.417. The molecule has 9 heteroatoms. The summed E-state index contributed by atoms with van der Waals surface area (Å²) in [6, 6.07) is 7.31. The number of hydrogen-bond acceptors (Lipinski definition) is 5. The standard InChI is InChI=1S/C18H14F2N6S/c1-10-14-16(21)26(15-12(19)5-2-6-13(15)20)18(23-17(14)25-24-10)27-9-11-4-3-7-22-8-11/h2-8,21H,9H2,1H3,(H,24,25). The SMILES string of the molecule is Cc1n[nH]c2nc(SCc3cccnc3)n(-c3c(F)cccc3F)c(=N)c12. The third-order valence-corrected chi connectivity index (χ3v) is 5.05. The van der Waals surface area contributed by atoms with E-state index in [2.05, 4.69) is 20.2 Å². The Labute approximate surface area is 156 Å². The Balaban J connectivity index is 1.93. The van der Waals surface area contributed by atoms with E-state index in [-0.39, 0.29) is 16.3 Å². The van der Waals surface area contributed by atoms with Crippen LogP contribution in [0.4, 0.5) is 8.78 Å². The van der Waals surface area contributed by atoms with Crippen molar-refractivity contribution in [3.63, 3.8) is 0 Å². The number of benzene rings is 1. The minimum Gasteiger partial charge on any atom is -0.283 e. The molecule has 0 amide bonds. The van der Waals surface area contributed by atoms with Crippen LogP contribution in [0, 0.1) is 24.0 Å². The van der Waals surface area contributed by atoms with Crippen molar-refractivity contribution in [3.05, 3.63) is 71.1 Å². The van der Waals surface area contributed by atoms with E-state index in [0.29, 0.717) is 22.5 Å². The Bertz CT molecular complexity index is 1170. The van der Waals surface area contributed by atoms with E-state index in [1.807, 2.05) is 12.1 Å². The van der Waals surface area contributed by atoms with Crippen molar-refractivity contribution in [1.82, 2.24) is 24.7 Å². The number of aryl methyl sites for hydroxylation is 1. The number of H-pyrrole nitrogens is 1. The molecule has 4 aromatic rings. The Morgan fingerprint density at radius 1 is 1.19 bits per heavy atom. The molecule has 0 fully saturated rings. The fourth-order valence-corrected chi connectivity index (χ4v) is 3.71. The van der Waals surface area contributed by atoms with Crippen LogP contribution in [0.1, 0.15) is 11.3 Å². The zero-order valence-electron chi connectivity index (χ0n) is 14.2. The van der Waals surface area contributed by atoms with Crippen molar-refractivity contribution in [2.45, 2.75) is 17.8 Å². The van der Waals surface area contributed by atoms with Crippen LogP contribution in [-0.2, 0) is 5.75 Å². The Kier molecular flexibility index (Phi) is 4.44. The molecule has 0 aliphatic rings. The highest BCUT2D eigenvalue weighted by molar-refractivity contribution is 7.98. The number of hydrogen-bond donors (Lipinski definition) is 2. The normalized spacial score (nSPS) is 11.2. The first-order chi connectivity index (χ1) is 13.1. The predicted octanol–water partition coefficient (Wildman–Crippen LogP) is 3.50. The van der Waals surface area contributed by atoms with Crippen LogP contribution >= 0.6 is 11.8 Å². The van der Waals surface area contributed by atoms with Gasteiger partial charge >= 0.3 is 0 Å². The number of halogens is 2. The number of nitrogens with zero attached hydrogens (tertiary/aromatic N) is 4. The average Bonchev–Trinajstić information content (AvgIpc) is 3.03. The highest BCUT2D eigenvalue weighted by Crippen LogP contribution is 2.26. The third kappa shape index (κ3) is 3.10. The lowest BCUT2D eigenvalue weighted by Crippen LogP contribution is -2.24. The molecule has 4 rings (SSSR count). The highest BCUT2D eigenvalue weighted by Gasteiger charge is 2.20. The molecule has 0 saturated carbocycles. The molecule has 0 spiro atoms. The second-order valence-electron chi connectivity index (χ2n) is 5.83. The molecule has 0 atom stereocenters. The molecule has 3 aromatic heterocycles. The van der Waals surface area contributed by atoms with Crippen LogP contribution < -0.4 is 5.49 Å². The summed E-state index contributed by atoms with van der Waals surface area (Å²) in [7, 11) is 0. The zero-order valence-corrected chi connectivity index (χ0v) is 15.0. The fraction of sp³-hybridized carbons (Fsp3) is 0.111. The number of nitrogens with one attached hydrogen (secondary N) is 2. The largest absolute Gasteiger partial charge is 0.283 e. The molecule has 136 valence electrons. The van der Waals surface area contributed by atoms with Gasteiger partial charge in [0.1, 0.15) is 22.8 Å². The van der Waals surface area contributed by atoms with Gasteiger partial charge in [0.15, 0.2) is 10.8 Å². The Hall–Kier alpha value is -3.07. The van der Waals surface area contributed by atoms with Crippen molar-refractivity contribution in [1.29, 1.82) is 5.41 Å². The van der Waals surface area contributed by atoms with Crippen molar-refractivity contribution in [2.75, 3.05) is 0 Å². The second kappa shape index (κ2) is 6.92. The lowest BCUT2D eigenvalue weighted by atomic mass is 10.2. The molecule has 27 heavy (non-hydrogen) atoms. The molecule has 0 saturated heterocycles. The number of para-hydroxylation sites is 1. The van der Waals surface area contributed by atoms with E-state index in [1.165, 1.54) is 22.4 Å². The summed E-state index contributed by atoms with van der Waals surface area (Å²) >= 11 is 1.26. The van der Waals surface area contributed by atoms with Crippen LogP contribution in [-0.4, -0.2) is 24.7 Å². The molecule has 0 bridgehead atoms. The second-order valence-corrected chi connectivity index (χ2v) is 6.77. The summed E-state index contributed by atoms with van der Waals surface area (Å²) in [6.07, 6.45) is 3.38. The van der Waals surface area contributed by atoms with E-state index in [9.17, 15) is 8.78 Å². The van der Waals surface area contributed by atoms with Gasteiger partial charge < -0.3 is 0 Å². The molecular formula is C18H14F2N6S. The van der Waals surface area contributed by atoms with Crippen molar-refractivity contribution in [2.24, 2.45) is 0 Å². The number of aromatic nitrogens is 5. The zero-order chi connectivity index (χ0) is 19.0. The topological polar surface area (TPSA) is 83.2 Å². The maximum atomic E-state index is 14.5.